The molecule has 0 saturated carbocycles. The Morgan fingerprint density at radius 1 is 0.821 bits per heavy atom. The van der Waals surface area contributed by atoms with Crippen molar-refractivity contribution in [2.45, 2.75) is 32.6 Å². The van der Waals surface area contributed by atoms with E-state index in [1.165, 1.54) is 0 Å². The van der Waals surface area contributed by atoms with Gasteiger partial charge >= 0.3 is 0 Å². The Bertz CT molecular complexity index is 908. The molecule has 0 bridgehead atoms. The van der Waals surface area contributed by atoms with Crippen molar-refractivity contribution in [3.05, 3.63) is 83.4 Å². The van der Waals surface area contributed by atoms with Crippen LogP contribution in [0.1, 0.15) is 30.9 Å². The first-order chi connectivity index (χ1) is 13.6. The minimum atomic E-state index is -1.41. The first-order valence-corrected chi connectivity index (χ1v) is 9.39. The van der Waals surface area contributed by atoms with Gasteiger partial charge in [-0.3, -0.25) is 0 Å². The minimum Gasteiger partial charge on any atom is -0.494 e. The van der Waals surface area contributed by atoms with Crippen LogP contribution >= 0.6 is 0 Å². The first kappa shape index (κ1) is 19.9. The fourth-order valence-electron chi connectivity index (χ4n) is 2.88. The van der Waals surface area contributed by atoms with Crippen molar-refractivity contribution in [1.82, 2.24) is 4.98 Å². The van der Waals surface area contributed by atoms with E-state index in [0.717, 1.165) is 48.0 Å². The van der Waals surface area contributed by atoms with Gasteiger partial charge in [-0.15, -0.1) is 0 Å². The third-order valence-corrected chi connectivity index (χ3v) is 4.55. The zero-order valence-electron chi connectivity index (χ0n) is 15.7. The van der Waals surface area contributed by atoms with Gasteiger partial charge in [0.1, 0.15) is 5.75 Å². The number of unbranched alkanes of at least 4 members (excludes halogenated alkanes) is 1. The van der Waals surface area contributed by atoms with E-state index < -0.39 is 17.7 Å². The number of benzene rings is 2. The summed E-state index contributed by atoms with van der Waals surface area (Å²) < 4.78 is 45.4. The lowest BCUT2D eigenvalue weighted by molar-refractivity contribution is 0.309. The van der Waals surface area contributed by atoms with Gasteiger partial charge in [0.05, 0.1) is 6.61 Å². The van der Waals surface area contributed by atoms with Crippen molar-refractivity contribution in [1.29, 1.82) is 0 Å². The molecule has 0 unspecified atom stereocenters. The molecule has 3 aromatic rings. The molecule has 0 fully saturated rings. The molecular weight excluding hydrogens is 363 g/mol. The maximum Gasteiger partial charge on any atom is 0.251 e. The summed E-state index contributed by atoms with van der Waals surface area (Å²) in [7, 11) is 0. The molecule has 28 heavy (non-hydrogen) atoms. The van der Waals surface area contributed by atoms with Gasteiger partial charge in [0.25, 0.3) is 5.95 Å². The normalized spacial score (nSPS) is 10.9. The highest BCUT2D eigenvalue weighted by Gasteiger charge is 2.11. The number of aromatic nitrogens is 1. The average Bonchev–Trinajstić information content (AvgIpc) is 2.71. The lowest BCUT2D eigenvalue weighted by Gasteiger charge is -2.08. The van der Waals surface area contributed by atoms with E-state index in [-0.39, 0.29) is 12.0 Å². The highest BCUT2D eigenvalue weighted by molar-refractivity contribution is 5.64. The van der Waals surface area contributed by atoms with Gasteiger partial charge in [-0.05, 0) is 54.2 Å². The van der Waals surface area contributed by atoms with Gasteiger partial charge < -0.3 is 4.74 Å². The van der Waals surface area contributed by atoms with E-state index in [0.29, 0.717) is 6.42 Å². The van der Waals surface area contributed by atoms with E-state index in [9.17, 15) is 13.2 Å². The van der Waals surface area contributed by atoms with Gasteiger partial charge in [-0.25, -0.2) is 4.39 Å². The first-order valence-electron chi connectivity index (χ1n) is 9.39. The molecule has 0 saturated heterocycles. The third-order valence-electron chi connectivity index (χ3n) is 4.55. The molecule has 0 amide bonds. The number of aryl methyl sites for hydroxylation is 2. The van der Waals surface area contributed by atoms with Gasteiger partial charge in [-0.1, -0.05) is 49.7 Å². The smallest absolute Gasteiger partial charge is 0.251 e. The predicted molar refractivity (Wildman–Crippen MR) is 104 cm³/mol. The Labute approximate surface area is 163 Å². The van der Waals surface area contributed by atoms with Crippen LogP contribution in [0, 0.1) is 17.7 Å². The number of pyridine rings is 1. The maximum absolute atomic E-state index is 13.6. The molecule has 1 aromatic heterocycles. The van der Waals surface area contributed by atoms with E-state index in [1.807, 2.05) is 48.5 Å². The van der Waals surface area contributed by atoms with E-state index in [2.05, 4.69) is 11.9 Å². The van der Waals surface area contributed by atoms with Crippen LogP contribution in [0.4, 0.5) is 13.2 Å². The number of hydrogen-bond acceptors (Lipinski definition) is 2. The Morgan fingerprint density at radius 2 is 1.46 bits per heavy atom. The monoisotopic (exact) mass is 385 g/mol. The summed E-state index contributed by atoms with van der Waals surface area (Å²) in [5.41, 5.74) is 3.18. The standard InChI is InChI=1S/C23H22F3NO/c1-2-3-14-28-20-12-10-18(11-13-20)17-7-4-16(5-8-17)6-9-19-15-21(24)23(26)27-22(19)25/h4-5,7-8,10-13,15H,2-3,6,9,14H2,1H3. The molecule has 2 aromatic carbocycles. The molecule has 3 rings (SSSR count). The Morgan fingerprint density at radius 3 is 2.11 bits per heavy atom. The molecule has 0 atom stereocenters. The zero-order valence-corrected chi connectivity index (χ0v) is 15.7. The predicted octanol–water partition coefficient (Wildman–Crippen LogP) is 6.13. The Hall–Kier alpha value is -2.82. The van der Waals surface area contributed by atoms with Crippen LogP contribution in [0.25, 0.3) is 11.1 Å². The summed E-state index contributed by atoms with van der Waals surface area (Å²) >= 11 is 0. The molecule has 2 nitrogen and oxygen atoms in total. The van der Waals surface area contributed by atoms with Gasteiger partial charge in [-0.2, -0.15) is 13.8 Å². The number of halogens is 3. The van der Waals surface area contributed by atoms with Crippen LogP contribution in [-0.4, -0.2) is 11.6 Å². The van der Waals surface area contributed by atoms with Crippen LogP contribution in [0.3, 0.4) is 0 Å². The Kier molecular flexibility index (Phi) is 6.69. The number of rotatable bonds is 8. The summed E-state index contributed by atoms with van der Waals surface area (Å²) in [6.07, 6.45) is 2.89. The molecule has 0 N–H and O–H groups in total. The van der Waals surface area contributed by atoms with E-state index >= 15 is 0 Å². The molecule has 5 heteroatoms. The molecule has 0 spiro atoms. The maximum atomic E-state index is 13.6. The van der Waals surface area contributed by atoms with Crippen LogP contribution in [0.15, 0.2) is 54.6 Å². The molecule has 0 aliphatic carbocycles. The summed E-state index contributed by atoms with van der Waals surface area (Å²) in [5.74, 6) is -2.64. The van der Waals surface area contributed by atoms with Gasteiger partial charge in [0, 0.05) is 5.56 Å². The van der Waals surface area contributed by atoms with Crippen LogP contribution in [-0.2, 0) is 12.8 Å². The lowest BCUT2D eigenvalue weighted by atomic mass is 10.0. The van der Waals surface area contributed by atoms with E-state index in [4.69, 9.17) is 4.74 Å². The third kappa shape index (κ3) is 5.12. The van der Waals surface area contributed by atoms with Crippen molar-refractivity contribution < 1.29 is 17.9 Å². The Balaban J connectivity index is 1.61. The molecule has 0 aliphatic heterocycles. The number of hydrogen-bond donors (Lipinski definition) is 0. The van der Waals surface area contributed by atoms with Crippen LogP contribution in [0.5, 0.6) is 5.75 Å². The van der Waals surface area contributed by atoms with Gasteiger partial charge in [0.2, 0.25) is 5.95 Å². The zero-order chi connectivity index (χ0) is 19.9. The van der Waals surface area contributed by atoms with Crippen molar-refractivity contribution in [3.63, 3.8) is 0 Å². The van der Waals surface area contributed by atoms with Crippen molar-refractivity contribution in [2.75, 3.05) is 6.61 Å². The summed E-state index contributed by atoms with van der Waals surface area (Å²) in [6.45, 7) is 2.85. The largest absolute Gasteiger partial charge is 0.494 e. The number of ether oxygens (including phenoxy) is 1. The van der Waals surface area contributed by atoms with E-state index in [1.54, 1.807) is 0 Å². The highest BCUT2D eigenvalue weighted by atomic mass is 19.2. The van der Waals surface area contributed by atoms with Crippen molar-refractivity contribution >= 4 is 0 Å². The van der Waals surface area contributed by atoms with Crippen molar-refractivity contribution in [2.24, 2.45) is 0 Å². The van der Waals surface area contributed by atoms with Crippen LogP contribution in [0.2, 0.25) is 0 Å². The summed E-state index contributed by atoms with van der Waals surface area (Å²) in [4.78, 5) is 2.95. The molecular formula is C23H22F3NO. The highest BCUT2D eigenvalue weighted by Crippen LogP contribution is 2.23. The second-order valence-corrected chi connectivity index (χ2v) is 6.63. The fraction of sp³-hybridized carbons (Fsp3) is 0.261. The fourth-order valence-corrected chi connectivity index (χ4v) is 2.88. The van der Waals surface area contributed by atoms with Crippen molar-refractivity contribution in [3.8, 4) is 16.9 Å². The summed E-state index contributed by atoms with van der Waals surface area (Å²) in [5, 5.41) is 0. The lowest BCUT2D eigenvalue weighted by Crippen LogP contribution is -2.02. The minimum absolute atomic E-state index is 0.0710. The van der Waals surface area contributed by atoms with Gasteiger partial charge in [0.15, 0.2) is 5.82 Å². The topological polar surface area (TPSA) is 22.1 Å². The second kappa shape index (κ2) is 9.40. The molecule has 0 aliphatic rings. The number of nitrogens with zero attached hydrogens (tertiary/aromatic N) is 1. The van der Waals surface area contributed by atoms with Crippen LogP contribution < -0.4 is 4.74 Å². The summed E-state index contributed by atoms with van der Waals surface area (Å²) in [6, 6.07) is 16.7. The quantitative estimate of drug-likeness (QED) is 0.344. The molecule has 146 valence electrons. The molecule has 0 radical (unpaired) electrons. The average molecular weight is 385 g/mol. The second-order valence-electron chi connectivity index (χ2n) is 6.63. The molecule has 1 heterocycles. The SMILES string of the molecule is CCCCOc1ccc(-c2ccc(CCc3cc(F)c(F)nc3F)cc2)cc1.